The predicted octanol–water partition coefficient (Wildman–Crippen LogP) is 4.98. The molecule has 0 aliphatic heterocycles. The van der Waals surface area contributed by atoms with Crippen LogP contribution in [0.25, 0.3) is 0 Å². The number of hydrogen-bond donors (Lipinski definition) is 1. The number of rotatable bonds is 7. The molecule has 0 atom stereocenters. The summed E-state index contributed by atoms with van der Waals surface area (Å²) in [6.07, 6.45) is 1.99. The largest absolute Gasteiger partial charge is 0.507 e. The Morgan fingerprint density at radius 3 is 2.24 bits per heavy atom. The minimum atomic E-state index is -0.294. The molecule has 0 fully saturated rings. The maximum atomic E-state index is 12.6. The van der Waals surface area contributed by atoms with Gasteiger partial charge in [-0.15, -0.1) is 0 Å². The smallest absolute Gasteiger partial charge is 0.196 e. The van der Waals surface area contributed by atoms with E-state index in [1.807, 2.05) is 20.8 Å². The van der Waals surface area contributed by atoms with Gasteiger partial charge in [0.25, 0.3) is 0 Å². The lowest BCUT2D eigenvalue weighted by Gasteiger charge is -2.21. The van der Waals surface area contributed by atoms with Crippen LogP contribution in [0.3, 0.4) is 0 Å². The average Bonchev–Trinajstić information content (AvgIpc) is 2.54. The highest BCUT2D eigenvalue weighted by Gasteiger charge is 2.16. The molecule has 0 unspecified atom stereocenters. The second-order valence-electron chi connectivity index (χ2n) is 6.95. The predicted molar refractivity (Wildman–Crippen MR) is 98.8 cm³/mol. The van der Waals surface area contributed by atoms with Crippen molar-refractivity contribution in [2.45, 2.75) is 46.1 Å². The van der Waals surface area contributed by atoms with Crippen molar-refractivity contribution in [1.82, 2.24) is 0 Å². The molecule has 1 N–H and O–H groups in total. The molecule has 0 spiro atoms. The molecule has 25 heavy (non-hydrogen) atoms. The third kappa shape index (κ3) is 5.52. The van der Waals surface area contributed by atoms with E-state index in [2.05, 4.69) is 6.92 Å². The number of phenolic OH excluding ortho intramolecular Hbond substituents is 1. The summed E-state index contributed by atoms with van der Waals surface area (Å²) in [7, 11) is 0. The average molecular weight is 342 g/mol. The second-order valence-corrected chi connectivity index (χ2v) is 6.95. The van der Waals surface area contributed by atoms with E-state index >= 15 is 0 Å². The van der Waals surface area contributed by atoms with Gasteiger partial charge in [0.1, 0.15) is 22.8 Å². The lowest BCUT2D eigenvalue weighted by atomic mass is 10.0. The van der Waals surface area contributed by atoms with Crippen LogP contribution in [0.4, 0.5) is 0 Å². The molecule has 2 aromatic carbocycles. The van der Waals surface area contributed by atoms with Gasteiger partial charge in [0.2, 0.25) is 0 Å². The van der Waals surface area contributed by atoms with Gasteiger partial charge in [-0.05, 0) is 63.6 Å². The molecule has 4 nitrogen and oxygen atoms in total. The highest BCUT2D eigenvalue weighted by molar-refractivity contribution is 6.10. The molecule has 2 rings (SSSR count). The van der Waals surface area contributed by atoms with Gasteiger partial charge in [-0.2, -0.15) is 0 Å². The maximum absolute atomic E-state index is 12.6. The summed E-state index contributed by atoms with van der Waals surface area (Å²) in [5.41, 5.74) is 0.459. The molecule has 134 valence electrons. The van der Waals surface area contributed by atoms with Crippen molar-refractivity contribution in [2.24, 2.45) is 0 Å². The van der Waals surface area contributed by atoms with Crippen molar-refractivity contribution in [3.8, 4) is 17.2 Å². The number of ketones is 1. The van der Waals surface area contributed by atoms with E-state index in [1.54, 1.807) is 36.4 Å². The van der Waals surface area contributed by atoms with Crippen molar-refractivity contribution in [3.63, 3.8) is 0 Å². The molecule has 0 radical (unpaired) electrons. The van der Waals surface area contributed by atoms with Gasteiger partial charge in [-0.3, -0.25) is 4.79 Å². The monoisotopic (exact) mass is 342 g/mol. The molecular formula is C21H26O4. The highest BCUT2D eigenvalue weighted by Crippen LogP contribution is 2.27. The first-order chi connectivity index (χ1) is 11.8. The molecule has 0 aliphatic carbocycles. The SMILES string of the molecule is CCCCOc1ccc(C(=O)c2ccc(OC(C)(C)C)cc2)c(O)c1. The fraction of sp³-hybridized carbons (Fsp3) is 0.381. The van der Waals surface area contributed by atoms with E-state index in [0.717, 1.165) is 12.8 Å². The number of hydrogen-bond acceptors (Lipinski definition) is 4. The molecule has 4 heteroatoms. The highest BCUT2D eigenvalue weighted by atomic mass is 16.5. The fourth-order valence-electron chi connectivity index (χ4n) is 2.31. The van der Waals surface area contributed by atoms with Crippen LogP contribution in [0.2, 0.25) is 0 Å². The van der Waals surface area contributed by atoms with E-state index in [9.17, 15) is 9.90 Å². The van der Waals surface area contributed by atoms with Crippen LogP contribution in [0, 0.1) is 0 Å². The van der Waals surface area contributed by atoms with Crippen molar-refractivity contribution in [3.05, 3.63) is 53.6 Å². The zero-order valence-electron chi connectivity index (χ0n) is 15.3. The van der Waals surface area contributed by atoms with Gasteiger partial charge in [-0.25, -0.2) is 0 Å². The molecule has 0 aliphatic rings. The number of unbranched alkanes of at least 4 members (excludes halogenated alkanes) is 1. The van der Waals surface area contributed by atoms with Crippen LogP contribution in [0.15, 0.2) is 42.5 Å². The Morgan fingerprint density at radius 1 is 1.04 bits per heavy atom. The lowest BCUT2D eigenvalue weighted by Crippen LogP contribution is -2.22. The van der Waals surface area contributed by atoms with Crippen LogP contribution in [-0.2, 0) is 0 Å². The van der Waals surface area contributed by atoms with Crippen molar-refractivity contribution in [2.75, 3.05) is 6.61 Å². The van der Waals surface area contributed by atoms with Gasteiger partial charge < -0.3 is 14.6 Å². The van der Waals surface area contributed by atoms with Crippen LogP contribution in [-0.4, -0.2) is 23.1 Å². The first kappa shape index (κ1) is 18.8. The summed E-state index contributed by atoms with van der Waals surface area (Å²) < 4.78 is 11.3. The standard InChI is InChI=1S/C21H26O4/c1-5-6-13-24-17-11-12-18(19(22)14-17)20(23)15-7-9-16(10-8-15)25-21(2,3)4/h7-12,14,22H,5-6,13H2,1-4H3. The summed E-state index contributed by atoms with van der Waals surface area (Å²) in [6, 6.07) is 11.7. The van der Waals surface area contributed by atoms with E-state index in [1.165, 1.54) is 6.07 Å². The Kier molecular flexibility index (Phi) is 6.07. The fourth-order valence-corrected chi connectivity index (χ4v) is 2.31. The normalized spacial score (nSPS) is 11.2. The summed E-state index contributed by atoms with van der Waals surface area (Å²) in [5.74, 6) is 0.957. The zero-order valence-corrected chi connectivity index (χ0v) is 15.3. The minimum absolute atomic E-state index is 0.0750. The lowest BCUT2D eigenvalue weighted by molar-refractivity contribution is 0.103. The molecule has 0 saturated heterocycles. The Hall–Kier alpha value is -2.49. The summed E-state index contributed by atoms with van der Waals surface area (Å²) >= 11 is 0. The second kappa shape index (κ2) is 8.06. The summed E-state index contributed by atoms with van der Waals surface area (Å²) in [6.45, 7) is 8.58. The molecule has 0 amide bonds. The topological polar surface area (TPSA) is 55.8 Å². The molecule has 0 saturated carbocycles. The number of phenols is 1. The summed E-state index contributed by atoms with van der Waals surface area (Å²) in [4.78, 5) is 12.6. The minimum Gasteiger partial charge on any atom is -0.507 e. The third-order valence-corrected chi connectivity index (χ3v) is 3.52. The third-order valence-electron chi connectivity index (χ3n) is 3.52. The van der Waals surface area contributed by atoms with E-state index < -0.39 is 0 Å². The number of ether oxygens (including phenoxy) is 2. The Bertz CT molecular complexity index is 712. The van der Waals surface area contributed by atoms with Crippen LogP contribution in [0.5, 0.6) is 17.2 Å². The van der Waals surface area contributed by atoms with E-state index in [0.29, 0.717) is 23.7 Å². The zero-order chi connectivity index (χ0) is 18.4. The van der Waals surface area contributed by atoms with Gasteiger partial charge >= 0.3 is 0 Å². The molecule has 2 aromatic rings. The van der Waals surface area contributed by atoms with E-state index in [4.69, 9.17) is 9.47 Å². The van der Waals surface area contributed by atoms with Gasteiger partial charge in [0, 0.05) is 11.6 Å². The molecule has 0 aromatic heterocycles. The molecule has 0 bridgehead atoms. The van der Waals surface area contributed by atoms with Crippen LogP contribution >= 0.6 is 0 Å². The molecule has 0 heterocycles. The molecular weight excluding hydrogens is 316 g/mol. The van der Waals surface area contributed by atoms with Crippen molar-refractivity contribution in [1.29, 1.82) is 0 Å². The number of aromatic hydroxyl groups is 1. The Labute approximate surface area is 149 Å². The van der Waals surface area contributed by atoms with Gasteiger partial charge in [0.05, 0.1) is 12.2 Å². The van der Waals surface area contributed by atoms with Crippen LogP contribution < -0.4 is 9.47 Å². The van der Waals surface area contributed by atoms with Gasteiger partial charge in [0.15, 0.2) is 5.78 Å². The number of carbonyl (C=O) groups is 1. The first-order valence-corrected chi connectivity index (χ1v) is 8.60. The summed E-state index contributed by atoms with van der Waals surface area (Å²) in [5, 5.41) is 10.2. The Morgan fingerprint density at radius 2 is 1.68 bits per heavy atom. The van der Waals surface area contributed by atoms with E-state index in [-0.39, 0.29) is 22.7 Å². The Balaban J connectivity index is 2.12. The van der Waals surface area contributed by atoms with Crippen molar-refractivity contribution < 1.29 is 19.4 Å². The van der Waals surface area contributed by atoms with Gasteiger partial charge in [-0.1, -0.05) is 13.3 Å². The number of carbonyl (C=O) groups excluding carboxylic acids is 1. The first-order valence-electron chi connectivity index (χ1n) is 8.60. The maximum Gasteiger partial charge on any atom is 0.196 e. The number of benzene rings is 2. The van der Waals surface area contributed by atoms with Crippen molar-refractivity contribution >= 4 is 5.78 Å². The van der Waals surface area contributed by atoms with Crippen LogP contribution in [0.1, 0.15) is 56.5 Å². The quantitative estimate of drug-likeness (QED) is 0.569.